The number of nitrogen functional groups attached to an aromatic ring is 1. The highest BCUT2D eigenvalue weighted by molar-refractivity contribution is 7.91. The first kappa shape index (κ1) is 17.7. The highest BCUT2D eigenvalue weighted by Crippen LogP contribution is 2.26. The Morgan fingerprint density at radius 2 is 1.90 bits per heavy atom. The van der Waals surface area contributed by atoms with Crippen LogP contribution in [0.2, 0.25) is 0 Å². The second-order valence-corrected chi connectivity index (χ2v) is 7.87. The minimum Gasteiger partial charge on any atom is -0.475 e. The fourth-order valence-electron chi connectivity index (χ4n) is 1.63. The number of benzene rings is 1. The van der Waals surface area contributed by atoms with Crippen molar-refractivity contribution in [2.75, 3.05) is 18.1 Å². The van der Waals surface area contributed by atoms with Crippen molar-refractivity contribution in [3.8, 4) is 5.75 Å². The van der Waals surface area contributed by atoms with Crippen molar-refractivity contribution >= 4 is 25.6 Å². The number of hydrogen-bond acceptors (Lipinski definition) is 7. The summed E-state index contributed by atoms with van der Waals surface area (Å²) in [5, 5.41) is 8.74. The van der Waals surface area contributed by atoms with E-state index in [1.807, 2.05) is 0 Å². The van der Waals surface area contributed by atoms with E-state index >= 15 is 0 Å². The zero-order valence-electron chi connectivity index (χ0n) is 11.3. The summed E-state index contributed by atoms with van der Waals surface area (Å²) in [5.74, 6) is -0.531. The summed E-state index contributed by atoms with van der Waals surface area (Å²) < 4.78 is 60.2. The van der Waals surface area contributed by atoms with Crippen molar-refractivity contribution < 1.29 is 31.2 Å². The molecule has 0 spiro atoms. The Labute approximate surface area is 123 Å². The summed E-state index contributed by atoms with van der Waals surface area (Å²) in [6.45, 7) is 1.03. The summed E-state index contributed by atoms with van der Waals surface area (Å²) >= 11 is 0. The Kier molecular flexibility index (Phi) is 5.56. The van der Waals surface area contributed by atoms with Crippen LogP contribution in [0.25, 0.3) is 0 Å². The molecule has 0 aliphatic heterocycles. The van der Waals surface area contributed by atoms with Gasteiger partial charge in [-0.05, 0) is 18.6 Å². The van der Waals surface area contributed by atoms with Gasteiger partial charge in [0.05, 0.1) is 18.0 Å². The first-order valence-electron chi connectivity index (χ1n) is 5.98. The van der Waals surface area contributed by atoms with Gasteiger partial charge in [0.1, 0.15) is 10.6 Å². The molecule has 1 rings (SSSR count). The molecule has 10 heteroatoms. The highest BCUT2D eigenvalue weighted by atomic mass is 32.2. The van der Waals surface area contributed by atoms with Crippen molar-refractivity contribution in [3.63, 3.8) is 0 Å². The summed E-state index contributed by atoms with van der Waals surface area (Å²) in [4.78, 5) is -0.561. The van der Waals surface area contributed by atoms with Crippen molar-refractivity contribution in [1.29, 1.82) is 0 Å². The maximum atomic E-state index is 11.8. The quantitative estimate of drug-likeness (QED) is 0.466. The van der Waals surface area contributed by atoms with Crippen LogP contribution in [0.15, 0.2) is 23.1 Å². The molecule has 0 fully saturated rings. The zero-order chi connectivity index (χ0) is 16.3. The van der Waals surface area contributed by atoms with Crippen LogP contribution >= 0.6 is 0 Å². The van der Waals surface area contributed by atoms with Crippen LogP contribution in [0.4, 0.5) is 5.69 Å². The molecule has 0 saturated carbocycles. The highest BCUT2D eigenvalue weighted by Gasteiger charge is 2.26. The maximum Gasteiger partial charge on any atom is 0.296 e. The second-order valence-electron chi connectivity index (χ2n) is 4.22. The lowest BCUT2D eigenvalue weighted by atomic mass is 10.3. The molecule has 1 aromatic carbocycles. The molecule has 0 aromatic heterocycles. The van der Waals surface area contributed by atoms with Crippen LogP contribution in [-0.4, -0.2) is 44.3 Å². The molecule has 0 aliphatic carbocycles. The number of sulfone groups is 1. The summed E-state index contributed by atoms with van der Waals surface area (Å²) in [6, 6.07) is 3.42. The van der Waals surface area contributed by atoms with Crippen molar-refractivity contribution in [2.24, 2.45) is 0 Å². The first-order valence-corrected chi connectivity index (χ1v) is 9.13. The number of ether oxygens (including phenoxy) is 1. The van der Waals surface area contributed by atoms with Crippen molar-refractivity contribution in [2.45, 2.75) is 23.7 Å². The standard InChI is InChI=1S/C11H17NO7S2/c1-2-11(20(14,15)6-5-13)19-8-3-4-9(12)10(7-8)21(16,17)18/h3-4,7,11,13H,2,5-6,12H2,1H3,(H,16,17,18). The van der Waals surface area contributed by atoms with Gasteiger partial charge >= 0.3 is 0 Å². The smallest absolute Gasteiger partial charge is 0.296 e. The van der Waals surface area contributed by atoms with Gasteiger partial charge in [0, 0.05) is 6.07 Å². The van der Waals surface area contributed by atoms with Crippen LogP contribution < -0.4 is 10.5 Å². The average molecular weight is 339 g/mol. The van der Waals surface area contributed by atoms with E-state index in [1.54, 1.807) is 6.92 Å². The van der Waals surface area contributed by atoms with Gasteiger partial charge in [-0.1, -0.05) is 6.92 Å². The second kappa shape index (κ2) is 6.60. The molecule has 8 nitrogen and oxygen atoms in total. The molecular formula is C11H17NO7S2. The summed E-state index contributed by atoms with van der Waals surface area (Å²) in [6.07, 6.45) is 0.105. The molecule has 21 heavy (non-hydrogen) atoms. The average Bonchev–Trinajstić information content (AvgIpc) is 2.35. The van der Waals surface area contributed by atoms with Gasteiger partial charge in [-0.3, -0.25) is 4.55 Å². The third kappa shape index (κ3) is 4.56. The molecule has 120 valence electrons. The first-order chi connectivity index (χ1) is 9.61. The molecule has 0 amide bonds. The molecule has 1 atom stereocenters. The maximum absolute atomic E-state index is 11.8. The Bertz CT molecular complexity index is 697. The molecule has 1 unspecified atom stereocenters. The predicted molar refractivity (Wildman–Crippen MR) is 76.2 cm³/mol. The molecule has 1 aromatic rings. The number of nitrogens with two attached hydrogens (primary N) is 1. The monoisotopic (exact) mass is 339 g/mol. The molecule has 0 aliphatic rings. The molecule has 0 bridgehead atoms. The predicted octanol–water partition coefficient (Wildman–Crippen LogP) is 0.0375. The Morgan fingerprint density at radius 1 is 1.29 bits per heavy atom. The zero-order valence-corrected chi connectivity index (χ0v) is 12.9. The number of hydrogen-bond donors (Lipinski definition) is 3. The number of anilines is 1. The van der Waals surface area contributed by atoms with E-state index in [9.17, 15) is 16.8 Å². The van der Waals surface area contributed by atoms with E-state index in [2.05, 4.69) is 0 Å². The minimum absolute atomic E-state index is 0.0646. The topological polar surface area (TPSA) is 144 Å². The SMILES string of the molecule is CCC(Oc1ccc(N)c(S(=O)(=O)O)c1)S(=O)(=O)CCO. The number of aliphatic hydroxyl groups is 1. The third-order valence-corrected chi connectivity index (χ3v) is 5.53. The number of aliphatic hydroxyl groups excluding tert-OH is 1. The molecule has 4 N–H and O–H groups in total. The van der Waals surface area contributed by atoms with Crippen LogP contribution in [0.5, 0.6) is 5.75 Å². The van der Waals surface area contributed by atoms with Gasteiger partial charge in [0.2, 0.25) is 0 Å². The fraction of sp³-hybridized carbons (Fsp3) is 0.455. The van der Waals surface area contributed by atoms with Crippen LogP contribution in [0, 0.1) is 0 Å². The molecule has 0 heterocycles. The van der Waals surface area contributed by atoms with Gasteiger partial charge in [0.25, 0.3) is 10.1 Å². The van der Waals surface area contributed by atoms with Crippen LogP contribution in [0.1, 0.15) is 13.3 Å². The van der Waals surface area contributed by atoms with Crippen LogP contribution in [-0.2, 0) is 20.0 Å². The van der Waals surface area contributed by atoms with Crippen molar-refractivity contribution in [1.82, 2.24) is 0 Å². The summed E-state index contributed by atoms with van der Waals surface area (Å²) in [5.41, 5.74) is 4.01. The van der Waals surface area contributed by atoms with E-state index in [1.165, 1.54) is 12.1 Å². The molecular weight excluding hydrogens is 322 g/mol. The molecule has 0 saturated heterocycles. The van der Waals surface area contributed by atoms with E-state index in [0.717, 1.165) is 6.07 Å². The van der Waals surface area contributed by atoms with E-state index in [4.69, 9.17) is 20.1 Å². The Balaban J connectivity index is 3.13. The third-order valence-electron chi connectivity index (χ3n) is 2.64. The van der Waals surface area contributed by atoms with Gasteiger partial charge in [-0.15, -0.1) is 0 Å². The summed E-state index contributed by atoms with van der Waals surface area (Å²) in [7, 11) is -8.23. The number of rotatable bonds is 7. The van der Waals surface area contributed by atoms with Crippen LogP contribution in [0.3, 0.4) is 0 Å². The van der Waals surface area contributed by atoms with Gasteiger partial charge in [0.15, 0.2) is 15.3 Å². The normalized spacial score (nSPS) is 13.9. The molecule has 0 radical (unpaired) electrons. The van der Waals surface area contributed by atoms with Gasteiger partial charge in [-0.2, -0.15) is 8.42 Å². The van der Waals surface area contributed by atoms with Gasteiger partial charge in [-0.25, -0.2) is 8.42 Å². The van der Waals surface area contributed by atoms with E-state index in [0.29, 0.717) is 0 Å². The minimum atomic E-state index is -4.54. The lowest BCUT2D eigenvalue weighted by molar-refractivity contribution is 0.264. The Morgan fingerprint density at radius 3 is 2.38 bits per heavy atom. The Hall–Kier alpha value is -1.36. The largest absolute Gasteiger partial charge is 0.475 e. The lowest BCUT2D eigenvalue weighted by Crippen LogP contribution is -2.30. The van der Waals surface area contributed by atoms with E-state index in [-0.39, 0.29) is 17.9 Å². The van der Waals surface area contributed by atoms with E-state index < -0.39 is 42.6 Å². The lowest BCUT2D eigenvalue weighted by Gasteiger charge is -2.18. The fourth-order valence-corrected chi connectivity index (χ4v) is 3.55. The van der Waals surface area contributed by atoms with Gasteiger partial charge < -0.3 is 15.6 Å². The van der Waals surface area contributed by atoms with Crippen molar-refractivity contribution in [3.05, 3.63) is 18.2 Å².